The highest BCUT2D eigenvalue weighted by Crippen LogP contribution is 2.62. The van der Waals surface area contributed by atoms with Gasteiger partial charge in [0, 0.05) is 7.11 Å². The lowest BCUT2D eigenvalue weighted by Crippen LogP contribution is -2.53. The molecule has 35 heavy (non-hydrogen) atoms. The van der Waals surface area contributed by atoms with E-state index < -0.39 is 17.6 Å². The van der Waals surface area contributed by atoms with Crippen molar-refractivity contribution in [2.75, 3.05) is 27.1 Å². The number of rotatable bonds is 7. The quantitative estimate of drug-likeness (QED) is 0.110. The van der Waals surface area contributed by atoms with Crippen LogP contribution in [0, 0.1) is 17.8 Å². The fourth-order valence-electron chi connectivity index (χ4n) is 4.44. The van der Waals surface area contributed by atoms with E-state index in [9.17, 15) is 0 Å². The van der Waals surface area contributed by atoms with Crippen LogP contribution in [0.2, 0.25) is 0 Å². The third-order valence-corrected chi connectivity index (χ3v) is 12.3. The van der Waals surface area contributed by atoms with Crippen LogP contribution in [0.1, 0.15) is 33.6 Å². The van der Waals surface area contributed by atoms with Crippen LogP contribution in [0.25, 0.3) is 0 Å². The maximum absolute atomic E-state index is 6.12. The SMILES string of the molecule is CC1(C)C=CC(C(Br)(Br)Br)(C(Br)(Br)Br)O1.COCCOCOC(C)(C1CC2C=CC1C2)C(Br)(Br)Br. The minimum absolute atomic E-state index is 0.266. The van der Waals surface area contributed by atoms with E-state index in [1.54, 1.807) is 7.11 Å². The van der Waals surface area contributed by atoms with E-state index in [1.165, 1.54) is 12.8 Å². The standard InChI is InChI=1S/C14H21Br3O3.C8H8Br6O/c1-13(14(15,16)17,20-9-19-6-5-18-2)12-8-10-3-4-11(12)7-10;1-5(2)3-4-6(15-5,7(9,10)11)8(12,13)14/h3-4,10-12H,5-9H2,1-2H3;3-4H,1-2H3. The fourth-order valence-corrected chi connectivity index (χ4v) is 11.1. The number of fused-ring (bicyclic) bond motifs is 2. The van der Waals surface area contributed by atoms with Gasteiger partial charge in [-0.05, 0) is 57.4 Å². The van der Waals surface area contributed by atoms with Gasteiger partial charge in [0.1, 0.15) is 12.4 Å². The van der Waals surface area contributed by atoms with Crippen LogP contribution in [0.5, 0.6) is 0 Å². The van der Waals surface area contributed by atoms with Crippen molar-refractivity contribution < 1.29 is 18.9 Å². The largest absolute Gasteiger partial charge is 0.382 e. The van der Waals surface area contributed by atoms with Gasteiger partial charge in [-0.2, -0.15) is 0 Å². The molecule has 0 aromatic rings. The molecule has 0 N–H and O–H groups in total. The molecule has 2 aliphatic carbocycles. The average Bonchev–Trinajstić information content (AvgIpc) is 3.40. The van der Waals surface area contributed by atoms with Crippen molar-refractivity contribution in [3.63, 3.8) is 0 Å². The van der Waals surface area contributed by atoms with Crippen molar-refractivity contribution in [3.05, 3.63) is 24.3 Å². The van der Waals surface area contributed by atoms with Gasteiger partial charge in [0.2, 0.25) is 0 Å². The first-order valence-corrected chi connectivity index (χ1v) is 17.9. The maximum atomic E-state index is 6.12. The first kappa shape index (κ1) is 34.8. The molecule has 0 aromatic carbocycles. The molecule has 0 saturated heterocycles. The van der Waals surface area contributed by atoms with E-state index in [2.05, 4.69) is 162 Å². The molecule has 1 heterocycles. The predicted molar refractivity (Wildman–Crippen MR) is 177 cm³/mol. The highest BCUT2D eigenvalue weighted by Gasteiger charge is 2.62. The molecule has 0 aromatic heterocycles. The lowest BCUT2D eigenvalue weighted by molar-refractivity contribution is -0.159. The molecule has 0 radical (unpaired) electrons. The van der Waals surface area contributed by atoms with Gasteiger partial charge >= 0.3 is 0 Å². The summed E-state index contributed by atoms with van der Waals surface area (Å²) >= 11 is 32.1. The zero-order valence-corrected chi connectivity index (χ0v) is 33.9. The van der Waals surface area contributed by atoms with Crippen molar-refractivity contribution >= 4 is 143 Å². The van der Waals surface area contributed by atoms with Crippen LogP contribution in [-0.4, -0.2) is 50.3 Å². The van der Waals surface area contributed by atoms with Crippen molar-refractivity contribution in [1.82, 2.24) is 0 Å². The van der Waals surface area contributed by atoms with Gasteiger partial charge in [-0.3, -0.25) is 0 Å². The number of allylic oxidation sites excluding steroid dienone is 2. The summed E-state index contributed by atoms with van der Waals surface area (Å²) in [7, 11) is 1.66. The van der Waals surface area contributed by atoms with E-state index in [1.807, 2.05) is 26.0 Å². The Morgan fingerprint density at radius 1 is 0.886 bits per heavy atom. The molecular formula is C22H29Br9O4. The molecule has 4 nitrogen and oxygen atoms in total. The zero-order valence-electron chi connectivity index (χ0n) is 19.6. The lowest BCUT2D eigenvalue weighted by Gasteiger charge is -2.44. The minimum atomic E-state index is -0.677. The Morgan fingerprint density at radius 2 is 1.49 bits per heavy atom. The molecular weight excluding hydrogens is 1050 g/mol. The molecule has 1 fully saturated rings. The molecule has 4 unspecified atom stereocenters. The van der Waals surface area contributed by atoms with Crippen molar-refractivity contribution in [1.29, 1.82) is 0 Å². The summed E-state index contributed by atoms with van der Waals surface area (Å²) < 4.78 is 21.0. The molecule has 3 rings (SSSR count). The van der Waals surface area contributed by atoms with Crippen molar-refractivity contribution in [2.45, 2.75) is 56.8 Å². The Hall–Kier alpha value is 3.64. The van der Waals surface area contributed by atoms with Gasteiger partial charge in [0.15, 0.2) is 12.0 Å². The predicted octanol–water partition coefficient (Wildman–Crippen LogP) is 10.2. The fraction of sp³-hybridized carbons (Fsp3) is 0.818. The van der Waals surface area contributed by atoms with Gasteiger partial charge in [0.05, 0.1) is 18.8 Å². The first-order chi connectivity index (χ1) is 15.8. The number of alkyl halides is 9. The third-order valence-electron chi connectivity index (χ3n) is 6.41. The van der Waals surface area contributed by atoms with Crippen LogP contribution >= 0.6 is 143 Å². The van der Waals surface area contributed by atoms with Crippen LogP contribution in [0.4, 0.5) is 0 Å². The van der Waals surface area contributed by atoms with E-state index >= 15 is 0 Å². The summed E-state index contributed by atoms with van der Waals surface area (Å²) in [6, 6.07) is 0. The Labute approximate surface area is 284 Å². The molecule has 204 valence electrons. The summed E-state index contributed by atoms with van der Waals surface area (Å²) in [5.41, 5.74) is -1.39. The van der Waals surface area contributed by atoms with Crippen molar-refractivity contribution in [3.8, 4) is 0 Å². The lowest BCUT2D eigenvalue weighted by atomic mass is 9.80. The average molecular weight is 1080 g/mol. The molecule has 2 bridgehead atoms. The molecule has 1 saturated carbocycles. The highest BCUT2D eigenvalue weighted by molar-refractivity contribution is 9.41. The number of hydrogen-bond acceptors (Lipinski definition) is 4. The highest BCUT2D eigenvalue weighted by atomic mass is 80.0. The van der Waals surface area contributed by atoms with Gasteiger partial charge in [-0.25, -0.2) is 0 Å². The second kappa shape index (κ2) is 13.3. The molecule has 4 atom stereocenters. The second-order valence-corrected chi connectivity index (χ2v) is 29.7. The number of ether oxygens (including phenoxy) is 4. The van der Waals surface area contributed by atoms with Crippen molar-refractivity contribution in [2.24, 2.45) is 17.8 Å². The number of hydrogen-bond donors (Lipinski definition) is 0. The van der Waals surface area contributed by atoms with E-state index in [-0.39, 0.29) is 12.4 Å². The van der Waals surface area contributed by atoms with E-state index in [0.29, 0.717) is 31.0 Å². The Kier molecular flexibility index (Phi) is 13.2. The van der Waals surface area contributed by atoms with Gasteiger partial charge in [-0.1, -0.05) is 162 Å². The molecule has 0 spiro atoms. The summed E-state index contributed by atoms with van der Waals surface area (Å²) in [5, 5.41) is 0. The van der Waals surface area contributed by atoms with Crippen LogP contribution in [-0.2, 0) is 18.9 Å². The molecule has 0 amide bonds. The van der Waals surface area contributed by atoms with Gasteiger partial charge in [-0.15, -0.1) is 0 Å². The van der Waals surface area contributed by atoms with Crippen LogP contribution in [0.15, 0.2) is 24.3 Å². The minimum Gasteiger partial charge on any atom is -0.382 e. The first-order valence-electron chi connectivity index (χ1n) is 10.8. The molecule has 1 aliphatic heterocycles. The molecule has 13 heteroatoms. The second-order valence-electron chi connectivity index (χ2n) is 9.42. The van der Waals surface area contributed by atoms with Crippen LogP contribution in [0.3, 0.4) is 0 Å². The maximum Gasteiger partial charge on any atom is 0.170 e. The summed E-state index contributed by atoms with van der Waals surface area (Å²) in [6.07, 6.45) is 11.1. The van der Waals surface area contributed by atoms with Gasteiger partial charge < -0.3 is 18.9 Å². The normalized spacial score (nSPS) is 28.7. The summed E-state index contributed by atoms with van der Waals surface area (Å²) in [6.45, 7) is 7.53. The van der Waals surface area contributed by atoms with Crippen LogP contribution < -0.4 is 0 Å². The van der Waals surface area contributed by atoms with E-state index in [0.717, 1.165) is 0 Å². The number of halogens is 9. The monoisotopic (exact) mass is 1070 g/mol. The third kappa shape index (κ3) is 8.58. The smallest absolute Gasteiger partial charge is 0.170 e. The Balaban J connectivity index is 0.000000258. The summed E-state index contributed by atoms with van der Waals surface area (Å²) in [5.74, 6) is 1.76. The van der Waals surface area contributed by atoms with E-state index in [4.69, 9.17) is 18.9 Å². The van der Waals surface area contributed by atoms with Gasteiger partial charge in [0.25, 0.3) is 0 Å². The Bertz CT molecular complexity index is 756. The topological polar surface area (TPSA) is 36.9 Å². The number of methoxy groups -OCH3 is 1. The molecule has 3 aliphatic rings. The summed E-state index contributed by atoms with van der Waals surface area (Å²) in [4.78, 5) is 0. The Morgan fingerprint density at radius 3 is 1.83 bits per heavy atom. The zero-order chi connectivity index (χ0) is 26.9.